The standard InChI is InChI=1S/C14H28N2O.ClH/c1-6-10(2)12(4)16(13-7-8-13)14(17)11(3)9-15-5;/h10-13,15H,6-9H2,1-5H3;1H. The number of nitrogens with zero attached hydrogens (tertiary/aromatic N) is 1. The highest BCUT2D eigenvalue weighted by Crippen LogP contribution is 2.32. The van der Waals surface area contributed by atoms with Crippen molar-refractivity contribution in [3.05, 3.63) is 0 Å². The second-order valence-electron chi connectivity index (χ2n) is 5.56. The van der Waals surface area contributed by atoms with E-state index in [-0.39, 0.29) is 18.3 Å². The maximum Gasteiger partial charge on any atom is 0.227 e. The molecule has 0 aliphatic heterocycles. The SMILES string of the molecule is CCC(C)C(C)N(C(=O)C(C)CNC)C1CC1.Cl. The predicted molar refractivity (Wildman–Crippen MR) is 79.1 cm³/mol. The minimum absolute atomic E-state index is 0. The van der Waals surface area contributed by atoms with Gasteiger partial charge < -0.3 is 10.2 Å². The van der Waals surface area contributed by atoms with Gasteiger partial charge in [0.05, 0.1) is 0 Å². The number of amides is 1. The molecule has 0 aromatic heterocycles. The molecule has 1 fully saturated rings. The Kier molecular flexibility index (Phi) is 7.88. The molecular weight excluding hydrogens is 248 g/mol. The Bertz CT molecular complexity index is 256. The van der Waals surface area contributed by atoms with Crippen molar-refractivity contribution in [3.8, 4) is 0 Å². The molecule has 0 bridgehead atoms. The number of halogens is 1. The van der Waals surface area contributed by atoms with E-state index < -0.39 is 0 Å². The predicted octanol–water partition coefficient (Wildman–Crippen LogP) is 2.69. The van der Waals surface area contributed by atoms with Gasteiger partial charge in [-0.2, -0.15) is 0 Å². The molecule has 1 aliphatic carbocycles. The molecule has 1 aliphatic rings. The van der Waals surface area contributed by atoms with Crippen LogP contribution >= 0.6 is 12.4 Å². The average Bonchev–Trinajstić information content (AvgIpc) is 3.12. The van der Waals surface area contributed by atoms with Crippen LogP contribution in [0.2, 0.25) is 0 Å². The fourth-order valence-corrected chi connectivity index (χ4v) is 2.33. The van der Waals surface area contributed by atoms with E-state index in [9.17, 15) is 4.79 Å². The summed E-state index contributed by atoms with van der Waals surface area (Å²) in [6, 6.07) is 0.894. The Morgan fingerprint density at radius 1 is 1.33 bits per heavy atom. The Morgan fingerprint density at radius 2 is 1.89 bits per heavy atom. The van der Waals surface area contributed by atoms with Crippen LogP contribution in [0.4, 0.5) is 0 Å². The maximum atomic E-state index is 12.5. The summed E-state index contributed by atoms with van der Waals surface area (Å²) < 4.78 is 0. The molecule has 108 valence electrons. The van der Waals surface area contributed by atoms with Gasteiger partial charge in [0.15, 0.2) is 0 Å². The highest BCUT2D eigenvalue weighted by atomic mass is 35.5. The van der Waals surface area contributed by atoms with Gasteiger partial charge in [-0.25, -0.2) is 0 Å². The molecule has 18 heavy (non-hydrogen) atoms. The monoisotopic (exact) mass is 276 g/mol. The molecule has 0 saturated heterocycles. The molecule has 0 aromatic rings. The second kappa shape index (κ2) is 8.00. The van der Waals surface area contributed by atoms with Gasteiger partial charge in [-0.1, -0.05) is 27.2 Å². The van der Waals surface area contributed by atoms with E-state index in [0.29, 0.717) is 23.9 Å². The van der Waals surface area contributed by atoms with Gasteiger partial charge in [0.25, 0.3) is 0 Å². The zero-order chi connectivity index (χ0) is 13.0. The Labute approximate surface area is 118 Å². The molecule has 1 rings (SSSR count). The quantitative estimate of drug-likeness (QED) is 0.775. The zero-order valence-corrected chi connectivity index (χ0v) is 13.2. The van der Waals surface area contributed by atoms with Gasteiger partial charge in [0.2, 0.25) is 5.91 Å². The van der Waals surface area contributed by atoms with Crippen LogP contribution in [0.3, 0.4) is 0 Å². The second-order valence-corrected chi connectivity index (χ2v) is 5.56. The lowest BCUT2D eigenvalue weighted by Crippen LogP contribution is -2.47. The van der Waals surface area contributed by atoms with E-state index in [4.69, 9.17) is 0 Å². The number of carbonyl (C=O) groups excluding carboxylic acids is 1. The third-order valence-corrected chi connectivity index (χ3v) is 4.03. The smallest absolute Gasteiger partial charge is 0.227 e. The lowest BCUT2D eigenvalue weighted by atomic mass is 9.97. The van der Waals surface area contributed by atoms with Crippen LogP contribution in [0.15, 0.2) is 0 Å². The summed E-state index contributed by atoms with van der Waals surface area (Å²) in [5, 5.41) is 3.10. The summed E-state index contributed by atoms with van der Waals surface area (Å²) in [6.45, 7) is 9.45. The lowest BCUT2D eigenvalue weighted by Gasteiger charge is -2.35. The van der Waals surface area contributed by atoms with E-state index in [1.807, 2.05) is 14.0 Å². The number of carbonyl (C=O) groups is 1. The molecule has 0 aromatic carbocycles. The van der Waals surface area contributed by atoms with E-state index in [0.717, 1.165) is 13.0 Å². The first-order chi connectivity index (χ1) is 8.02. The van der Waals surface area contributed by atoms with E-state index >= 15 is 0 Å². The summed E-state index contributed by atoms with van der Waals surface area (Å²) in [4.78, 5) is 14.6. The molecule has 1 amide bonds. The summed E-state index contributed by atoms with van der Waals surface area (Å²) >= 11 is 0. The van der Waals surface area contributed by atoms with Gasteiger partial charge in [-0.3, -0.25) is 4.79 Å². The summed E-state index contributed by atoms with van der Waals surface area (Å²) in [6.07, 6.45) is 3.52. The first kappa shape index (κ1) is 17.7. The largest absolute Gasteiger partial charge is 0.336 e. The van der Waals surface area contributed by atoms with Crippen LogP contribution in [0, 0.1) is 11.8 Å². The van der Waals surface area contributed by atoms with Crippen molar-refractivity contribution in [1.82, 2.24) is 10.2 Å². The lowest BCUT2D eigenvalue weighted by molar-refractivity contribution is -0.138. The first-order valence-corrected chi connectivity index (χ1v) is 6.99. The van der Waals surface area contributed by atoms with Crippen molar-refractivity contribution >= 4 is 18.3 Å². The van der Waals surface area contributed by atoms with Gasteiger partial charge in [-0.05, 0) is 32.7 Å². The average molecular weight is 277 g/mol. The molecule has 3 atom stereocenters. The fraction of sp³-hybridized carbons (Fsp3) is 0.929. The van der Waals surface area contributed by atoms with Gasteiger partial charge >= 0.3 is 0 Å². The molecule has 0 heterocycles. The third kappa shape index (κ3) is 4.43. The van der Waals surface area contributed by atoms with Crippen molar-refractivity contribution < 1.29 is 4.79 Å². The molecule has 3 unspecified atom stereocenters. The van der Waals surface area contributed by atoms with Crippen molar-refractivity contribution in [2.45, 2.75) is 59.0 Å². The zero-order valence-electron chi connectivity index (χ0n) is 12.4. The van der Waals surface area contributed by atoms with Crippen LogP contribution < -0.4 is 5.32 Å². The van der Waals surface area contributed by atoms with Crippen molar-refractivity contribution in [1.29, 1.82) is 0 Å². The van der Waals surface area contributed by atoms with Crippen LogP contribution in [0.1, 0.15) is 47.0 Å². The van der Waals surface area contributed by atoms with Crippen molar-refractivity contribution in [2.24, 2.45) is 11.8 Å². The highest BCUT2D eigenvalue weighted by molar-refractivity contribution is 5.85. The maximum absolute atomic E-state index is 12.5. The van der Waals surface area contributed by atoms with E-state index in [2.05, 4.69) is 31.0 Å². The molecule has 4 heteroatoms. The molecule has 1 N–H and O–H groups in total. The van der Waals surface area contributed by atoms with Crippen LogP contribution in [-0.2, 0) is 4.79 Å². The van der Waals surface area contributed by atoms with Gasteiger partial charge in [-0.15, -0.1) is 12.4 Å². The molecule has 0 spiro atoms. The minimum atomic E-state index is 0. The highest BCUT2D eigenvalue weighted by Gasteiger charge is 2.38. The number of nitrogens with one attached hydrogen (secondary N) is 1. The van der Waals surface area contributed by atoms with E-state index in [1.54, 1.807) is 0 Å². The number of rotatable bonds is 7. The molecular formula is C14H29ClN2O. The molecule has 1 saturated carbocycles. The van der Waals surface area contributed by atoms with Crippen LogP contribution in [-0.4, -0.2) is 36.5 Å². The minimum Gasteiger partial charge on any atom is -0.336 e. The fourth-order valence-electron chi connectivity index (χ4n) is 2.33. The van der Waals surface area contributed by atoms with Gasteiger partial charge in [0.1, 0.15) is 0 Å². The van der Waals surface area contributed by atoms with E-state index in [1.165, 1.54) is 12.8 Å². The summed E-state index contributed by atoms with van der Waals surface area (Å²) in [5.41, 5.74) is 0. The van der Waals surface area contributed by atoms with Crippen LogP contribution in [0.25, 0.3) is 0 Å². The molecule has 3 nitrogen and oxygen atoms in total. The van der Waals surface area contributed by atoms with Crippen molar-refractivity contribution in [2.75, 3.05) is 13.6 Å². The summed E-state index contributed by atoms with van der Waals surface area (Å²) in [7, 11) is 1.91. The number of hydrogen-bond donors (Lipinski definition) is 1. The molecule has 0 radical (unpaired) electrons. The normalized spacial score (nSPS) is 19.6. The Hall–Kier alpha value is -0.280. The number of hydrogen-bond acceptors (Lipinski definition) is 2. The third-order valence-electron chi connectivity index (χ3n) is 4.03. The Balaban J connectivity index is 0.00000289. The Morgan fingerprint density at radius 3 is 2.28 bits per heavy atom. The first-order valence-electron chi connectivity index (χ1n) is 6.99. The topological polar surface area (TPSA) is 32.3 Å². The van der Waals surface area contributed by atoms with Crippen LogP contribution in [0.5, 0.6) is 0 Å². The van der Waals surface area contributed by atoms with Crippen molar-refractivity contribution in [3.63, 3.8) is 0 Å². The summed E-state index contributed by atoms with van der Waals surface area (Å²) in [5.74, 6) is 1.00. The van der Waals surface area contributed by atoms with Gasteiger partial charge in [0, 0.05) is 24.5 Å².